The molecule has 1 aromatic carbocycles. The van der Waals surface area contributed by atoms with E-state index in [2.05, 4.69) is 23.7 Å². The molecule has 8 heteroatoms. The zero-order valence-corrected chi connectivity index (χ0v) is 17.8. The van der Waals surface area contributed by atoms with Gasteiger partial charge in [-0.3, -0.25) is 10.1 Å². The van der Waals surface area contributed by atoms with Gasteiger partial charge in [0.2, 0.25) is 0 Å². The first kappa shape index (κ1) is 21.5. The minimum Gasteiger partial charge on any atom is -0.390 e. The number of rotatable bonds is 8. The monoisotopic (exact) mass is 416 g/mol. The second-order valence-electron chi connectivity index (χ2n) is 7.43. The Morgan fingerprint density at radius 1 is 1.31 bits per heavy atom. The van der Waals surface area contributed by atoms with Crippen LogP contribution >= 0.6 is 12.2 Å². The molecular formula is C21H28N4O3S. The molecule has 0 bridgehead atoms. The molecule has 0 aliphatic heterocycles. The fraction of sp³-hybridized carbons (Fsp3) is 0.524. The van der Waals surface area contributed by atoms with Crippen LogP contribution in [0.25, 0.3) is 11.4 Å². The number of hydrogen-bond acceptors (Lipinski definition) is 6. The van der Waals surface area contributed by atoms with Gasteiger partial charge in [0, 0.05) is 35.5 Å². The number of nitrogens with zero attached hydrogens (tertiary/aromatic N) is 4. The van der Waals surface area contributed by atoms with Crippen molar-refractivity contribution in [3.05, 3.63) is 50.3 Å². The minimum atomic E-state index is -0.568. The predicted molar refractivity (Wildman–Crippen MR) is 116 cm³/mol. The van der Waals surface area contributed by atoms with Crippen LogP contribution < -0.4 is 0 Å². The van der Waals surface area contributed by atoms with Gasteiger partial charge in [-0.15, -0.1) is 0 Å². The highest BCUT2D eigenvalue weighted by molar-refractivity contribution is 7.71. The molecule has 29 heavy (non-hydrogen) atoms. The van der Waals surface area contributed by atoms with Gasteiger partial charge in [0.25, 0.3) is 5.69 Å². The zero-order chi connectivity index (χ0) is 21.0. The summed E-state index contributed by atoms with van der Waals surface area (Å²) in [6.45, 7) is 6.85. The molecule has 0 saturated heterocycles. The predicted octanol–water partition coefficient (Wildman–Crippen LogP) is 3.77. The smallest absolute Gasteiger partial charge is 0.270 e. The van der Waals surface area contributed by atoms with Gasteiger partial charge in [0.1, 0.15) is 10.5 Å². The van der Waals surface area contributed by atoms with E-state index in [9.17, 15) is 15.2 Å². The summed E-state index contributed by atoms with van der Waals surface area (Å²) in [5.74, 6) is 0.595. The van der Waals surface area contributed by atoms with Gasteiger partial charge in [0.05, 0.1) is 17.6 Å². The molecule has 3 rings (SSSR count). The van der Waals surface area contributed by atoms with Crippen LogP contribution in [-0.2, 0) is 19.4 Å². The Labute approximate surface area is 176 Å². The lowest BCUT2D eigenvalue weighted by Gasteiger charge is -2.28. The lowest BCUT2D eigenvalue weighted by Crippen LogP contribution is -2.35. The van der Waals surface area contributed by atoms with E-state index in [1.165, 1.54) is 12.1 Å². The Morgan fingerprint density at radius 2 is 2.03 bits per heavy atom. The molecule has 1 aliphatic carbocycles. The average Bonchev–Trinajstić information content (AvgIpc) is 2.74. The highest BCUT2D eigenvalue weighted by atomic mass is 32.1. The third-order valence-electron chi connectivity index (χ3n) is 5.56. The van der Waals surface area contributed by atoms with Crippen molar-refractivity contribution in [1.29, 1.82) is 0 Å². The van der Waals surface area contributed by atoms with Crippen LogP contribution in [0.5, 0.6) is 0 Å². The van der Waals surface area contributed by atoms with Crippen molar-refractivity contribution in [1.82, 2.24) is 14.5 Å². The summed E-state index contributed by atoms with van der Waals surface area (Å²) >= 11 is 5.56. The Balaban J connectivity index is 2.08. The van der Waals surface area contributed by atoms with Crippen LogP contribution in [0.15, 0.2) is 24.3 Å². The fourth-order valence-corrected chi connectivity index (χ4v) is 4.30. The Kier molecular flexibility index (Phi) is 7.10. The van der Waals surface area contributed by atoms with E-state index in [1.54, 1.807) is 6.07 Å². The van der Waals surface area contributed by atoms with Gasteiger partial charge in [-0.05, 0) is 38.8 Å². The first-order chi connectivity index (χ1) is 13.9. The average molecular weight is 417 g/mol. The quantitative estimate of drug-likeness (QED) is 0.401. The van der Waals surface area contributed by atoms with Gasteiger partial charge in [-0.2, -0.15) is 0 Å². The van der Waals surface area contributed by atoms with E-state index in [1.807, 2.05) is 10.6 Å². The molecule has 0 spiro atoms. The molecule has 1 aromatic heterocycles. The Bertz CT molecular complexity index is 940. The Hall–Kier alpha value is -2.16. The standard InChI is InChI=1S/C21H28N4O3S/c1-3-23(4-2)13-17(26)14-24-19-11-6-5-10-18(19)21(29)22-20(24)15-8-7-9-16(12-15)25(27)28/h7-9,12,17,26H,3-6,10-11,13-14H2,1-2H3. The molecule has 2 aromatic rings. The van der Waals surface area contributed by atoms with Crippen LogP contribution in [0, 0.1) is 14.8 Å². The third kappa shape index (κ3) is 4.88. The van der Waals surface area contributed by atoms with Crippen molar-refractivity contribution >= 4 is 17.9 Å². The molecule has 156 valence electrons. The van der Waals surface area contributed by atoms with Crippen molar-refractivity contribution in [2.75, 3.05) is 19.6 Å². The largest absolute Gasteiger partial charge is 0.390 e. The van der Waals surface area contributed by atoms with Gasteiger partial charge < -0.3 is 14.6 Å². The summed E-state index contributed by atoms with van der Waals surface area (Å²) in [5, 5.41) is 22.0. The summed E-state index contributed by atoms with van der Waals surface area (Å²) < 4.78 is 2.60. The summed E-state index contributed by atoms with van der Waals surface area (Å²) in [6.07, 6.45) is 3.34. The highest BCUT2D eigenvalue weighted by Crippen LogP contribution is 2.29. The van der Waals surface area contributed by atoms with Crippen molar-refractivity contribution in [3.63, 3.8) is 0 Å². The maximum absolute atomic E-state index is 11.2. The van der Waals surface area contributed by atoms with Crippen molar-refractivity contribution in [2.45, 2.75) is 52.2 Å². The topological polar surface area (TPSA) is 84.4 Å². The second-order valence-corrected chi connectivity index (χ2v) is 7.82. The molecule has 0 fully saturated rings. The van der Waals surface area contributed by atoms with Crippen LogP contribution in [0.3, 0.4) is 0 Å². The number of nitro benzene ring substituents is 1. The molecule has 1 aliphatic rings. The first-order valence-electron chi connectivity index (χ1n) is 10.2. The van der Waals surface area contributed by atoms with E-state index >= 15 is 0 Å². The van der Waals surface area contributed by atoms with E-state index in [-0.39, 0.29) is 5.69 Å². The zero-order valence-electron chi connectivity index (χ0n) is 17.0. The maximum Gasteiger partial charge on any atom is 0.270 e. The summed E-state index contributed by atoms with van der Waals surface area (Å²) in [4.78, 5) is 17.7. The van der Waals surface area contributed by atoms with Gasteiger partial charge in [-0.25, -0.2) is 4.98 Å². The van der Waals surface area contributed by atoms with Crippen LogP contribution in [-0.4, -0.2) is 50.2 Å². The molecule has 1 atom stereocenters. The number of benzene rings is 1. The van der Waals surface area contributed by atoms with Gasteiger partial charge >= 0.3 is 0 Å². The lowest BCUT2D eigenvalue weighted by atomic mass is 9.96. The molecule has 1 unspecified atom stereocenters. The number of nitro groups is 1. The van der Waals surface area contributed by atoms with E-state index < -0.39 is 11.0 Å². The van der Waals surface area contributed by atoms with E-state index in [0.29, 0.717) is 29.1 Å². The second kappa shape index (κ2) is 9.56. The van der Waals surface area contributed by atoms with Gasteiger partial charge in [-0.1, -0.05) is 38.2 Å². The molecule has 0 amide bonds. The Morgan fingerprint density at radius 3 is 2.72 bits per heavy atom. The molecular weight excluding hydrogens is 388 g/mol. The molecule has 1 heterocycles. The normalized spacial score (nSPS) is 14.6. The number of aliphatic hydroxyl groups excluding tert-OH is 1. The highest BCUT2D eigenvalue weighted by Gasteiger charge is 2.22. The molecule has 7 nitrogen and oxygen atoms in total. The van der Waals surface area contributed by atoms with Crippen molar-refractivity contribution in [2.24, 2.45) is 0 Å². The van der Waals surface area contributed by atoms with Gasteiger partial charge in [0.15, 0.2) is 0 Å². The van der Waals surface area contributed by atoms with Crippen LogP contribution in [0.2, 0.25) is 0 Å². The third-order valence-corrected chi connectivity index (χ3v) is 5.90. The molecule has 0 radical (unpaired) electrons. The number of aromatic nitrogens is 2. The van der Waals surface area contributed by atoms with Crippen LogP contribution in [0.1, 0.15) is 37.9 Å². The first-order valence-corrected chi connectivity index (χ1v) is 10.6. The SMILES string of the molecule is CCN(CC)CC(O)Cn1c(-c2cccc([N+](=O)[O-])c2)nc(=S)c2c1CCCC2. The van der Waals surface area contributed by atoms with Crippen LogP contribution in [0.4, 0.5) is 5.69 Å². The summed E-state index contributed by atoms with van der Waals surface area (Å²) in [6, 6.07) is 6.47. The number of likely N-dealkylation sites (N-methyl/N-ethyl adjacent to an activating group) is 1. The fourth-order valence-electron chi connectivity index (χ4n) is 3.99. The van der Waals surface area contributed by atoms with E-state index in [4.69, 9.17) is 12.2 Å². The molecule has 0 saturated carbocycles. The van der Waals surface area contributed by atoms with Crippen molar-refractivity contribution < 1.29 is 10.0 Å². The molecule has 1 N–H and O–H groups in total. The summed E-state index contributed by atoms with van der Waals surface area (Å²) in [7, 11) is 0. The van der Waals surface area contributed by atoms with E-state index in [0.717, 1.165) is 50.0 Å². The lowest BCUT2D eigenvalue weighted by molar-refractivity contribution is -0.384. The number of hydrogen-bond donors (Lipinski definition) is 1. The van der Waals surface area contributed by atoms with Crippen molar-refractivity contribution in [3.8, 4) is 11.4 Å². The number of non-ortho nitro benzene ring substituents is 1. The maximum atomic E-state index is 11.2. The number of fused-ring (bicyclic) bond motifs is 1. The number of aliphatic hydroxyl groups is 1. The summed E-state index contributed by atoms with van der Waals surface area (Å²) in [5.41, 5.74) is 2.85. The minimum absolute atomic E-state index is 0.0168.